The summed E-state index contributed by atoms with van der Waals surface area (Å²) in [6, 6.07) is 11.5. The Kier molecular flexibility index (Phi) is 5.05. The third kappa shape index (κ3) is 4.37. The fourth-order valence-corrected chi connectivity index (χ4v) is 2.82. The van der Waals surface area contributed by atoms with E-state index in [1.165, 1.54) is 6.20 Å². The van der Waals surface area contributed by atoms with Crippen molar-refractivity contribution in [2.45, 2.75) is 12.7 Å². The molecule has 0 fully saturated rings. The lowest BCUT2D eigenvalue weighted by Crippen LogP contribution is -2.09. The number of halogens is 3. The number of hydrogen-bond donors (Lipinski definition) is 3. The van der Waals surface area contributed by atoms with Gasteiger partial charge in [0.25, 0.3) is 0 Å². The maximum atomic E-state index is 12.9. The van der Waals surface area contributed by atoms with Gasteiger partial charge < -0.3 is 16.4 Å². The molecule has 7 nitrogen and oxygen atoms in total. The first-order valence-electron chi connectivity index (χ1n) is 8.89. The lowest BCUT2D eigenvalue weighted by molar-refractivity contribution is -0.137. The van der Waals surface area contributed by atoms with Crippen LogP contribution in [-0.4, -0.2) is 19.9 Å². The van der Waals surface area contributed by atoms with Crippen LogP contribution in [0.5, 0.6) is 0 Å². The van der Waals surface area contributed by atoms with Gasteiger partial charge in [0, 0.05) is 24.3 Å². The largest absolute Gasteiger partial charge is 0.416 e. The van der Waals surface area contributed by atoms with E-state index in [4.69, 9.17) is 5.73 Å². The van der Waals surface area contributed by atoms with Gasteiger partial charge >= 0.3 is 6.18 Å². The standard InChI is InChI=1S/C20H16F3N7/c21-20(22,23)14-5-7-26-16(9-14)29-17-11-27-18(24)19(30-17)28-10-12-3-4-15-13(8-12)2-1-6-25-15/h1-9,11H,10H2,(H2,24,27)(H2,26,28,29,30). The number of benzene rings is 1. The Balaban J connectivity index is 1.50. The van der Waals surface area contributed by atoms with E-state index >= 15 is 0 Å². The SMILES string of the molecule is Nc1ncc(Nc2cc(C(F)(F)F)ccn2)nc1NCc1ccc2ncccc2c1. The molecule has 0 saturated heterocycles. The van der Waals surface area contributed by atoms with Crippen molar-refractivity contribution in [2.24, 2.45) is 0 Å². The highest BCUT2D eigenvalue weighted by Gasteiger charge is 2.30. The van der Waals surface area contributed by atoms with E-state index in [0.29, 0.717) is 12.4 Å². The van der Waals surface area contributed by atoms with Crippen molar-refractivity contribution in [2.75, 3.05) is 16.4 Å². The Labute approximate surface area is 169 Å². The average Bonchev–Trinajstić information content (AvgIpc) is 2.73. The van der Waals surface area contributed by atoms with Crippen LogP contribution in [0.3, 0.4) is 0 Å². The predicted octanol–water partition coefficient (Wildman–Crippen LogP) is 4.38. The number of pyridine rings is 2. The number of nitrogen functional groups attached to an aromatic ring is 1. The third-order valence-electron chi connectivity index (χ3n) is 4.27. The van der Waals surface area contributed by atoms with E-state index in [1.807, 2.05) is 30.3 Å². The van der Waals surface area contributed by atoms with Crippen LogP contribution in [0.2, 0.25) is 0 Å². The summed E-state index contributed by atoms with van der Waals surface area (Å²) in [7, 11) is 0. The molecule has 0 aliphatic rings. The quantitative estimate of drug-likeness (QED) is 0.448. The minimum atomic E-state index is -4.46. The summed E-state index contributed by atoms with van der Waals surface area (Å²) in [5, 5.41) is 6.82. The van der Waals surface area contributed by atoms with Crippen LogP contribution < -0.4 is 16.4 Å². The van der Waals surface area contributed by atoms with Gasteiger partial charge in [0.1, 0.15) is 5.82 Å². The third-order valence-corrected chi connectivity index (χ3v) is 4.27. The fourth-order valence-electron chi connectivity index (χ4n) is 2.82. The second-order valence-corrected chi connectivity index (χ2v) is 6.43. The number of hydrogen-bond acceptors (Lipinski definition) is 7. The molecule has 0 aliphatic heterocycles. The number of nitrogens with two attached hydrogens (primary N) is 1. The van der Waals surface area contributed by atoms with Crippen molar-refractivity contribution in [3.8, 4) is 0 Å². The molecule has 4 rings (SSSR count). The van der Waals surface area contributed by atoms with E-state index in [1.54, 1.807) is 6.20 Å². The number of rotatable bonds is 5. The van der Waals surface area contributed by atoms with Crippen LogP contribution in [0.15, 0.2) is 61.1 Å². The highest BCUT2D eigenvalue weighted by atomic mass is 19.4. The zero-order valence-electron chi connectivity index (χ0n) is 15.5. The Bertz CT molecular complexity index is 1190. The zero-order chi connectivity index (χ0) is 21.1. The summed E-state index contributed by atoms with van der Waals surface area (Å²) < 4.78 is 38.6. The second-order valence-electron chi connectivity index (χ2n) is 6.43. The van der Waals surface area contributed by atoms with Crippen LogP contribution in [0.1, 0.15) is 11.1 Å². The molecule has 3 heterocycles. The number of fused-ring (bicyclic) bond motifs is 1. The average molecular weight is 411 g/mol. The van der Waals surface area contributed by atoms with Gasteiger partial charge in [-0.1, -0.05) is 12.1 Å². The summed E-state index contributed by atoms with van der Waals surface area (Å²) >= 11 is 0. The van der Waals surface area contributed by atoms with Gasteiger partial charge in [-0.25, -0.2) is 15.0 Å². The molecule has 4 N–H and O–H groups in total. The summed E-state index contributed by atoms with van der Waals surface area (Å²) in [6.45, 7) is 0.426. The normalized spacial score (nSPS) is 11.4. The summed E-state index contributed by atoms with van der Waals surface area (Å²) in [5.74, 6) is 0.677. The number of nitrogens with one attached hydrogen (secondary N) is 2. The van der Waals surface area contributed by atoms with E-state index < -0.39 is 11.7 Å². The van der Waals surface area contributed by atoms with Crippen molar-refractivity contribution in [3.63, 3.8) is 0 Å². The number of nitrogens with zero attached hydrogens (tertiary/aromatic N) is 4. The van der Waals surface area contributed by atoms with Crippen molar-refractivity contribution < 1.29 is 13.2 Å². The van der Waals surface area contributed by atoms with Crippen LogP contribution >= 0.6 is 0 Å². The molecule has 10 heteroatoms. The first-order valence-corrected chi connectivity index (χ1v) is 8.89. The van der Waals surface area contributed by atoms with Gasteiger partial charge in [-0.2, -0.15) is 13.2 Å². The van der Waals surface area contributed by atoms with Crippen LogP contribution in [0, 0.1) is 0 Å². The minimum Gasteiger partial charge on any atom is -0.381 e. The molecular formula is C20H16F3N7. The van der Waals surface area contributed by atoms with Gasteiger partial charge in [0.2, 0.25) is 0 Å². The molecule has 0 unspecified atom stereocenters. The molecule has 0 radical (unpaired) electrons. The lowest BCUT2D eigenvalue weighted by atomic mass is 10.1. The topological polar surface area (TPSA) is 102 Å². The van der Waals surface area contributed by atoms with Crippen molar-refractivity contribution in [1.29, 1.82) is 0 Å². The number of alkyl halides is 3. The predicted molar refractivity (Wildman–Crippen MR) is 108 cm³/mol. The molecule has 30 heavy (non-hydrogen) atoms. The lowest BCUT2D eigenvalue weighted by Gasteiger charge is -2.12. The summed E-state index contributed by atoms with van der Waals surface area (Å²) in [4.78, 5) is 16.5. The van der Waals surface area contributed by atoms with E-state index in [-0.39, 0.29) is 17.5 Å². The smallest absolute Gasteiger partial charge is 0.381 e. The first kappa shape index (κ1) is 19.4. The molecule has 0 aliphatic carbocycles. The fraction of sp³-hybridized carbons (Fsp3) is 0.100. The maximum absolute atomic E-state index is 12.9. The van der Waals surface area contributed by atoms with Gasteiger partial charge in [0.15, 0.2) is 17.5 Å². The Morgan fingerprint density at radius 2 is 1.80 bits per heavy atom. The van der Waals surface area contributed by atoms with Gasteiger partial charge in [-0.05, 0) is 35.9 Å². The molecule has 0 saturated carbocycles. The van der Waals surface area contributed by atoms with Crippen molar-refractivity contribution in [3.05, 3.63) is 72.2 Å². The minimum absolute atomic E-state index is 0.00289. The van der Waals surface area contributed by atoms with E-state index in [0.717, 1.165) is 34.8 Å². The molecule has 1 aromatic carbocycles. The highest BCUT2D eigenvalue weighted by Crippen LogP contribution is 2.30. The first-order chi connectivity index (χ1) is 14.4. The van der Waals surface area contributed by atoms with Crippen LogP contribution in [0.4, 0.5) is 36.4 Å². The van der Waals surface area contributed by atoms with Crippen LogP contribution in [0.25, 0.3) is 10.9 Å². The highest BCUT2D eigenvalue weighted by molar-refractivity contribution is 5.79. The molecular weight excluding hydrogens is 395 g/mol. The Morgan fingerprint density at radius 3 is 2.63 bits per heavy atom. The summed E-state index contributed by atoms with van der Waals surface area (Å²) in [5.41, 5.74) is 6.94. The van der Waals surface area contributed by atoms with E-state index in [2.05, 4.69) is 30.6 Å². The van der Waals surface area contributed by atoms with Crippen LogP contribution in [-0.2, 0) is 12.7 Å². The molecule has 0 bridgehead atoms. The Morgan fingerprint density at radius 1 is 0.933 bits per heavy atom. The van der Waals surface area contributed by atoms with Crippen molar-refractivity contribution in [1.82, 2.24) is 19.9 Å². The molecule has 0 atom stereocenters. The monoisotopic (exact) mass is 411 g/mol. The second kappa shape index (κ2) is 7.82. The van der Waals surface area contributed by atoms with E-state index in [9.17, 15) is 13.2 Å². The maximum Gasteiger partial charge on any atom is 0.416 e. The molecule has 152 valence electrons. The zero-order valence-corrected chi connectivity index (χ0v) is 15.5. The molecule has 0 amide bonds. The number of aromatic nitrogens is 4. The van der Waals surface area contributed by atoms with Gasteiger partial charge in [-0.3, -0.25) is 4.98 Å². The van der Waals surface area contributed by atoms with Gasteiger partial charge in [-0.15, -0.1) is 0 Å². The molecule has 4 aromatic rings. The molecule has 3 aromatic heterocycles. The Hall–Kier alpha value is -3.95. The summed E-state index contributed by atoms with van der Waals surface area (Å²) in [6.07, 6.45) is -0.337. The molecule has 0 spiro atoms. The number of anilines is 4. The van der Waals surface area contributed by atoms with Gasteiger partial charge in [0.05, 0.1) is 17.3 Å². The van der Waals surface area contributed by atoms with Crippen molar-refractivity contribution >= 4 is 34.2 Å².